The number of aryl methyl sites for hydroxylation is 1. The molecule has 2 aliphatic rings. The molecule has 0 atom stereocenters. The number of piperidine rings is 2. The van der Waals surface area contributed by atoms with E-state index in [2.05, 4.69) is 10.3 Å². The first-order chi connectivity index (χ1) is 11.5. The molecule has 2 aliphatic heterocycles. The number of amides is 1. The SMILES string of the molecule is CC(=O)O.Cc1ocnc1C(=O)N1CCC(C2CCNCC2)CC1. The van der Waals surface area contributed by atoms with E-state index in [1.54, 1.807) is 6.92 Å². The summed E-state index contributed by atoms with van der Waals surface area (Å²) in [6.07, 6.45) is 6.20. The first-order valence-corrected chi connectivity index (χ1v) is 8.58. The van der Waals surface area contributed by atoms with Crippen LogP contribution < -0.4 is 5.32 Å². The van der Waals surface area contributed by atoms with Crippen molar-refractivity contribution in [3.05, 3.63) is 17.8 Å². The maximum atomic E-state index is 12.4. The second kappa shape index (κ2) is 8.82. The minimum Gasteiger partial charge on any atom is -0.481 e. The molecule has 7 nitrogen and oxygen atoms in total. The van der Waals surface area contributed by atoms with E-state index in [1.807, 2.05) is 4.90 Å². The highest BCUT2D eigenvalue weighted by molar-refractivity contribution is 5.93. The molecule has 3 rings (SSSR count). The van der Waals surface area contributed by atoms with E-state index in [9.17, 15) is 4.79 Å². The highest BCUT2D eigenvalue weighted by atomic mass is 16.4. The minimum atomic E-state index is -0.833. The second-order valence-corrected chi connectivity index (χ2v) is 6.49. The van der Waals surface area contributed by atoms with Crippen LogP contribution in [0.5, 0.6) is 0 Å². The molecule has 0 bridgehead atoms. The molecular formula is C17H27N3O4. The molecule has 0 spiro atoms. The van der Waals surface area contributed by atoms with Gasteiger partial charge in [0, 0.05) is 20.0 Å². The summed E-state index contributed by atoms with van der Waals surface area (Å²) >= 11 is 0. The number of likely N-dealkylation sites (tertiary alicyclic amines) is 1. The van der Waals surface area contributed by atoms with Gasteiger partial charge in [0.2, 0.25) is 0 Å². The molecule has 1 amide bonds. The molecule has 3 heterocycles. The molecule has 0 radical (unpaired) electrons. The van der Waals surface area contributed by atoms with Crippen molar-refractivity contribution >= 4 is 11.9 Å². The van der Waals surface area contributed by atoms with Crippen molar-refractivity contribution in [1.29, 1.82) is 0 Å². The normalized spacial score (nSPS) is 19.5. The largest absolute Gasteiger partial charge is 0.481 e. The smallest absolute Gasteiger partial charge is 0.300 e. The van der Waals surface area contributed by atoms with Gasteiger partial charge in [0.25, 0.3) is 11.9 Å². The predicted molar refractivity (Wildman–Crippen MR) is 88.8 cm³/mol. The number of aliphatic carboxylic acids is 1. The molecule has 0 unspecified atom stereocenters. The number of hydrogen-bond donors (Lipinski definition) is 2. The summed E-state index contributed by atoms with van der Waals surface area (Å²) in [7, 11) is 0. The summed E-state index contributed by atoms with van der Waals surface area (Å²) in [5.74, 6) is 1.46. The van der Waals surface area contributed by atoms with Gasteiger partial charge in [-0.15, -0.1) is 0 Å². The van der Waals surface area contributed by atoms with E-state index in [0.29, 0.717) is 11.5 Å². The topological polar surface area (TPSA) is 95.7 Å². The van der Waals surface area contributed by atoms with Crippen LogP contribution in [0.4, 0.5) is 0 Å². The average Bonchev–Trinajstić information content (AvgIpc) is 3.01. The minimum absolute atomic E-state index is 0.0278. The maximum Gasteiger partial charge on any atom is 0.300 e. The van der Waals surface area contributed by atoms with Crippen molar-refractivity contribution in [2.75, 3.05) is 26.2 Å². The van der Waals surface area contributed by atoms with Gasteiger partial charge in [-0.25, -0.2) is 4.98 Å². The van der Waals surface area contributed by atoms with Gasteiger partial charge in [0.1, 0.15) is 5.76 Å². The van der Waals surface area contributed by atoms with Crippen LogP contribution in [-0.4, -0.2) is 53.0 Å². The molecule has 2 saturated heterocycles. The van der Waals surface area contributed by atoms with Gasteiger partial charge in [0.15, 0.2) is 12.1 Å². The summed E-state index contributed by atoms with van der Waals surface area (Å²) in [4.78, 5) is 27.3. The molecule has 0 aromatic carbocycles. The lowest BCUT2D eigenvalue weighted by Gasteiger charge is -2.37. The lowest BCUT2D eigenvalue weighted by molar-refractivity contribution is -0.134. The van der Waals surface area contributed by atoms with Gasteiger partial charge >= 0.3 is 0 Å². The van der Waals surface area contributed by atoms with Crippen LogP contribution in [0, 0.1) is 18.8 Å². The molecule has 0 aliphatic carbocycles. The Kier molecular flexibility index (Phi) is 6.78. The summed E-state index contributed by atoms with van der Waals surface area (Å²) in [6, 6.07) is 0. The standard InChI is InChI=1S/C15H23N3O2.C2H4O2/c1-11-14(17-10-20-11)15(19)18-8-4-13(5-9-18)12-2-6-16-7-3-12;1-2(3)4/h10,12-13,16H,2-9H2,1H3;1H3,(H,3,4). The monoisotopic (exact) mass is 337 g/mol. The van der Waals surface area contributed by atoms with Gasteiger partial charge in [-0.05, 0) is 57.5 Å². The summed E-state index contributed by atoms with van der Waals surface area (Å²) in [5, 5.41) is 10.8. The zero-order valence-electron chi connectivity index (χ0n) is 14.5. The summed E-state index contributed by atoms with van der Waals surface area (Å²) in [5.41, 5.74) is 0.477. The zero-order chi connectivity index (χ0) is 17.5. The van der Waals surface area contributed by atoms with Crippen LogP contribution in [-0.2, 0) is 4.79 Å². The van der Waals surface area contributed by atoms with E-state index in [4.69, 9.17) is 14.3 Å². The Morgan fingerprint density at radius 2 is 1.75 bits per heavy atom. The predicted octanol–water partition coefficient (Wildman–Crippen LogP) is 1.93. The van der Waals surface area contributed by atoms with Crippen molar-refractivity contribution in [3.8, 4) is 0 Å². The molecule has 1 aromatic rings. The number of nitrogens with zero attached hydrogens (tertiary/aromatic N) is 2. The van der Waals surface area contributed by atoms with Crippen molar-refractivity contribution in [2.45, 2.75) is 39.5 Å². The molecule has 24 heavy (non-hydrogen) atoms. The Hall–Kier alpha value is -1.89. The Bertz CT molecular complexity index is 540. The molecule has 0 saturated carbocycles. The van der Waals surface area contributed by atoms with E-state index < -0.39 is 5.97 Å². The number of aromatic nitrogens is 1. The molecule has 2 fully saturated rings. The van der Waals surface area contributed by atoms with Gasteiger partial charge in [0.05, 0.1) is 0 Å². The Labute approximate surface area is 142 Å². The van der Waals surface area contributed by atoms with Crippen molar-refractivity contribution in [1.82, 2.24) is 15.2 Å². The third-order valence-electron chi connectivity index (χ3n) is 4.82. The molecule has 1 aromatic heterocycles. The third kappa shape index (κ3) is 5.06. The Balaban J connectivity index is 0.000000471. The quantitative estimate of drug-likeness (QED) is 0.856. The van der Waals surface area contributed by atoms with E-state index in [0.717, 1.165) is 57.8 Å². The first kappa shape index (κ1) is 18.4. The van der Waals surface area contributed by atoms with Gasteiger partial charge in [-0.1, -0.05) is 0 Å². The average molecular weight is 337 g/mol. The van der Waals surface area contributed by atoms with Crippen LogP contribution in [0.25, 0.3) is 0 Å². The number of carboxylic acids is 1. The van der Waals surface area contributed by atoms with Crippen LogP contribution >= 0.6 is 0 Å². The number of carboxylic acid groups (broad SMARTS) is 1. The third-order valence-corrected chi connectivity index (χ3v) is 4.82. The number of nitrogens with one attached hydrogen (secondary N) is 1. The van der Waals surface area contributed by atoms with E-state index in [-0.39, 0.29) is 5.91 Å². The van der Waals surface area contributed by atoms with Gasteiger partial charge in [-0.3, -0.25) is 9.59 Å². The lowest BCUT2D eigenvalue weighted by atomic mass is 9.79. The van der Waals surface area contributed by atoms with Crippen LogP contribution in [0.15, 0.2) is 10.8 Å². The highest BCUT2D eigenvalue weighted by Gasteiger charge is 2.30. The van der Waals surface area contributed by atoms with Crippen molar-refractivity contribution < 1.29 is 19.1 Å². The molecular weight excluding hydrogens is 310 g/mol. The van der Waals surface area contributed by atoms with Gasteiger partial charge < -0.3 is 19.7 Å². The summed E-state index contributed by atoms with van der Waals surface area (Å²) in [6.45, 7) is 6.91. The first-order valence-electron chi connectivity index (χ1n) is 8.58. The Morgan fingerprint density at radius 1 is 1.21 bits per heavy atom. The zero-order valence-corrected chi connectivity index (χ0v) is 14.5. The molecule has 7 heteroatoms. The second-order valence-electron chi connectivity index (χ2n) is 6.49. The van der Waals surface area contributed by atoms with Crippen LogP contribution in [0.1, 0.15) is 48.9 Å². The Morgan fingerprint density at radius 3 is 2.25 bits per heavy atom. The van der Waals surface area contributed by atoms with Gasteiger partial charge in [-0.2, -0.15) is 0 Å². The fraction of sp³-hybridized carbons (Fsp3) is 0.706. The highest BCUT2D eigenvalue weighted by Crippen LogP contribution is 2.31. The maximum absolute atomic E-state index is 12.4. The van der Waals surface area contributed by atoms with Crippen molar-refractivity contribution in [3.63, 3.8) is 0 Å². The van der Waals surface area contributed by atoms with Crippen molar-refractivity contribution in [2.24, 2.45) is 11.8 Å². The number of hydrogen-bond acceptors (Lipinski definition) is 5. The number of carbonyl (C=O) groups excluding carboxylic acids is 1. The molecule has 2 N–H and O–H groups in total. The summed E-state index contributed by atoms with van der Waals surface area (Å²) < 4.78 is 5.13. The van der Waals surface area contributed by atoms with Crippen LogP contribution in [0.2, 0.25) is 0 Å². The fourth-order valence-electron chi connectivity index (χ4n) is 3.55. The lowest BCUT2D eigenvalue weighted by Crippen LogP contribution is -2.42. The van der Waals surface area contributed by atoms with E-state index >= 15 is 0 Å². The fourth-order valence-corrected chi connectivity index (χ4v) is 3.55. The van der Waals surface area contributed by atoms with E-state index in [1.165, 1.54) is 19.2 Å². The number of carbonyl (C=O) groups is 2. The number of oxazole rings is 1. The molecule has 134 valence electrons. The number of rotatable bonds is 2. The van der Waals surface area contributed by atoms with Crippen LogP contribution in [0.3, 0.4) is 0 Å².